The zero-order valence-electron chi connectivity index (χ0n) is 17.3. The molecular weight excluding hydrogens is 449 g/mol. The first-order chi connectivity index (χ1) is 14.8. The molecule has 2 atom stereocenters. The van der Waals surface area contributed by atoms with Crippen LogP contribution in [-0.4, -0.2) is 70.5 Å². The van der Waals surface area contributed by atoms with Crippen LogP contribution in [0.1, 0.15) is 51.4 Å². The molecule has 2 aromatic rings. The number of carboxylic acids is 1. The normalized spacial score (nSPS) is 18.9. The lowest BCUT2D eigenvalue weighted by molar-refractivity contribution is 0.0171. The quantitative estimate of drug-likeness (QED) is 0.479. The fraction of sp³-hybridized carbons (Fsp3) is 0.579. The molecule has 9 nitrogen and oxygen atoms in total. The van der Waals surface area contributed by atoms with E-state index in [0.717, 1.165) is 11.3 Å². The van der Waals surface area contributed by atoms with Gasteiger partial charge in [0.25, 0.3) is 5.91 Å². The van der Waals surface area contributed by atoms with E-state index in [0.29, 0.717) is 42.5 Å². The number of carboxylic acid groups (broad SMARTS) is 1. The van der Waals surface area contributed by atoms with Gasteiger partial charge in [0.05, 0.1) is 30.2 Å². The van der Waals surface area contributed by atoms with E-state index in [9.17, 15) is 19.1 Å². The number of imidazole rings is 1. The van der Waals surface area contributed by atoms with Crippen LogP contribution < -0.4 is 10.2 Å². The van der Waals surface area contributed by atoms with E-state index in [1.807, 2.05) is 11.8 Å². The van der Waals surface area contributed by atoms with Crippen LogP contribution in [-0.2, 0) is 11.2 Å². The number of amides is 1. The summed E-state index contributed by atoms with van der Waals surface area (Å²) < 4.78 is 18.4. The van der Waals surface area contributed by atoms with Gasteiger partial charge in [-0.05, 0) is 26.2 Å². The molecule has 1 saturated heterocycles. The van der Waals surface area contributed by atoms with Crippen LogP contribution in [0.15, 0.2) is 0 Å². The lowest BCUT2D eigenvalue weighted by Crippen LogP contribution is -2.55. The van der Waals surface area contributed by atoms with Crippen molar-refractivity contribution >= 4 is 39.9 Å². The number of anilines is 1. The van der Waals surface area contributed by atoms with Gasteiger partial charge in [0.2, 0.25) is 0 Å². The Kier molecular flexibility index (Phi) is 7.84. The number of hydrogen-bond acceptors (Lipinski definition) is 7. The molecule has 170 valence electrons. The van der Waals surface area contributed by atoms with Crippen molar-refractivity contribution in [3.63, 3.8) is 0 Å². The number of thiazole rings is 1. The summed E-state index contributed by atoms with van der Waals surface area (Å²) in [6.45, 7) is 4.23. The Morgan fingerprint density at radius 2 is 2.23 bits per heavy atom. The number of alkyl halides is 1. The van der Waals surface area contributed by atoms with Gasteiger partial charge in [-0.25, -0.2) is 14.8 Å². The summed E-state index contributed by atoms with van der Waals surface area (Å²) in [7, 11) is 0. The highest BCUT2D eigenvalue weighted by molar-refractivity contribution is 7.17. The van der Waals surface area contributed by atoms with Gasteiger partial charge in [-0.1, -0.05) is 29.9 Å². The number of rotatable bonds is 9. The van der Waals surface area contributed by atoms with Gasteiger partial charge in [-0.2, -0.15) is 0 Å². The van der Waals surface area contributed by atoms with Crippen molar-refractivity contribution in [2.45, 2.75) is 45.3 Å². The molecule has 1 amide bonds. The van der Waals surface area contributed by atoms with E-state index >= 15 is 0 Å². The molecule has 0 bridgehead atoms. The van der Waals surface area contributed by atoms with Crippen molar-refractivity contribution in [1.82, 2.24) is 20.3 Å². The molecule has 1 fully saturated rings. The molecule has 0 aliphatic carbocycles. The van der Waals surface area contributed by atoms with Crippen LogP contribution in [0.5, 0.6) is 0 Å². The maximum Gasteiger partial charge on any atom is 0.347 e. The number of aromatic nitrogens is 3. The van der Waals surface area contributed by atoms with Gasteiger partial charge in [0, 0.05) is 19.7 Å². The van der Waals surface area contributed by atoms with Crippen LogP contribution in [0.4, 0.5) is 9.52 Å². The average molecular weight is 474 g/mol. The Bertz CT molecular complexity index is 937. The van der Waals surface area contributed by atoms with Gasteiger partial charge in [-0.15, -0.1) is 0 Å². The number of nitrogens with zero attached hydrogens (tertiary/aromatic N) is 3. The van der Waals surface area contributed by atoms with E-state index < -0.39 is 24.7 Å². The lowest BCUT2D eigenvalue weighted by Gasteiger charge is -2.38. The van der Waals surface area contributed by atoms with Crippen LogP contribution in [0.3, 0.4) is 0 Å². The minimum Gasteiger partial charge on any atom is -0.477 e. The van der Waals surface area contributed by atoms with Crippen molar-refractivity contribution in [3.05, 3.63) is 27.2 Å². The second-order valence-electron chi connectivity index (χ2n) is 7.19. The summed E-state index contributed by atoms with van der Waals surface area (Å²) in [5, 5.41) is 13.1. The highest BCUT2D eigenvalue weighted by atomic mass is 35.5. The molecule has 2 aromatic heterocycles. The van der Waals surface area contributed by atoms with Crippen LogP contribution in [0, 0.1) is 6.92 Å². The van der Waals surface area contributed by atoms with E-state index in [1.54, 1.807) is 6.92 Å². The second-order valence-corrected chi connectivity index (χ2v) is 8.53. The Labute approximate surface area is 188 Å². The van der Waals surface area contributed by atoms with Crippen LogP contribution in [0.25, 0.3) is 0 Å². The molecule has 0 spiro atoms. The van der Waals surface area contributed by atoms with Crippen molar-refractivity contribution < 1.29 is 23.8 Å². The molecule has 0 aromatic carbocycles. The lowest BCUT2D eigenvalue weighted by atomic mass is 10.0. The molecule has 31 heavy (non-hydrogen) atoms. The van der Waals surface area contributed by atoms with Crippen LogP contribution in [0.2, 0.25) is 5.15 Å². The zero-order chi connectivity index (χ0) is 22.5. The third kappa shape index (κ3) is 5.52. The summed E-state index contributed by atoms with van der Waals surface area (Å²) in [6.07, 6.45) is 1.00. The summed E-state index contributed by atoms with van der Waals surface area (Å²) in [4.78, 5) is 37.5. The molecule has 0 radical (unpaired) electrons. The highest BCUT2D eigenvalue weighted by Gasteiger charge is 2.33. The molecule has 1 aliphatic heterocycles. The number of carbonyl (C=O) groups excluding carboxylic acids is 1. The summed E-state index contributed by atoms with van der Waals surface area (Å²) in [5.74, 6) is -1.27. The van der Waals surface area contributed by atoms with E-state index in [-0.39, 0.29) is 34.9 Å². The molecule has 0 unspecified atom stereocenters. The van der Waals surface area contributed by atoms with Crippen molar-refractivity contribution in [1.29, 1.82) is 0 Å². The van der Waals surface area contributed by atoms with Gasteiger partial charge in [-0.3, -0.25) is 9.18 Å². The summed E-state index contributed by atoms with van der Waals surface area (Å²) in [5.41, 5.74) is 1.14. The van der Waals surface area contributed by atoms with Gasteiger partial charge >= 0.3 is 5.97 Å². The number of hydrogen-bond donors (Lipinski definition) is 3. The standard InChI is InChI=1S/C19H25ClFN5O4S/c1-3-11-15(20)25-16(23-11)17(27)24-12-5-7-26(9-13(12)30-8-4-6-21)19-22-10(2)14(31-19)18(28)29/h12-13H,3-9H2,1-2H3,(H,23,25)(H,24,27)(H,28,29)/t12-,13+/m0/s1. The van der Waals surface area contributed by atoms with Crippen LogP contribution >= 0.6 is 22.9 Å². The molecular formula is C19H25ClFN5O4S. The maximum absolute atomic E-state index is 12.7. The largest absolute Gasteiger partial charge is 0.477 e. The first-order valence-corrected chi connectivity index (χ1v) is 11.2. The average Bonchev–Trinajstić information content (AvgIpc) is 3.31. The molecule has 3 heterocycles. The molecule has 3 rings (SSSR count). The second kappa shape index (κ2) is 10.4. The summed E-state index contributed by atoms with van der Waals surface area (Å²) >= 11 is 7.14. The first kappa shape index (κ1) is 23.4. The van der Waals surface area contributed by atoms with E-state index in [1.165, 1.54) is 0 Å². The molecule has 0 saturated carbocycles. The SMILES string of the molecule is CCc1[nH]c(C(=O)N[C@H]2CCN(c3nc(C)c(C(=O)O)s3)C[C@H]2OCCCF)nc1Cl. The van der Waals surface area contributed by atoms with Crippen molar-refractivity contribution in [3.8, 4) is 0 Å². The number of H-pyrrole nitrogens is 1. The van der Waals surface area contributed by atoms with E-state index in [2.05, 4.69) is 20.3 Å². The molecule has 3 N–H and O–H groups in total. The number of halogens is 2. The summed E-state index contributed by atoms with van der Waals surface area (Å²) in [6, 6.07) is -0.322. The minimum absolute atomic E-state index is 0.133. The third-order valence-electron chi connectivity index (χ3n) is 5.03. The number of carbonyl (C=O) groups is 2. The number of ether oxygens (including phenoxy) is 1. The number of aromatic amines is 1. The molecule has 1 aliphatic rings. The smallest absolute Gasteiger partial charge is 0.347 e. The number of nitrogens with one attached hydrogen (secondary N) is 2. The topological polar surface area (TPSA) is 120 Å². The monoisotopic (exact) mass is 473 g/mol. The predicted molar refractivity (Wildman–Crippen MR) is 115 cm³/mol. The molecule has 12 heteroatoms. The highest BCUT2D eigenvalue weighted by Crippen LogP contribution is 2.29. The maximum atomic E-state index is 12.7. The van der Waals surface area contributed by atoms with Gasteiger partial charge < -0.3 is 25.0 Å². The van der Waals surface area contributed by atoms with Gasteiger partial charge in [0.1, 0.15) is 4.88 Å². The Morgan fingerprint density at radius 3 is 2.84 bits per heavy atom. The number of piperidine rings is 1. The Balaban J connectivity index is 1.72. The third-order valence-corrected chi connectivity index (χ3v) is 6.55. The van der Waals surface area contributed by atoms with Gasteiger partial charge in [0.15, 0.2) is 16.1 Å². The first-order valence-electron chi connectivity index (χ1n) is 10.0. The Hall–Kier alpha value is -2.24. The van der Waals surface area contributed by atoms with E-state index in [4.69, 9.17) is 16.3 Å². The Morgan fingerprint density at radius 1 is 1.45 bits per heavy atom. The zero-order valence-corrected chi connectivity index (χ0v) is 18.9. The predicted octanol–water partition coefficient (Wildman–Crippen LogP) is 2.84. The fourth-order valence-electron chi connectivity index (χ4n) is 3.40. The fourth-order valence-corrected chi connectivity index (χ4v) is 4.60. The van der Waals surface area contributed by atoms with Crippen molar-refractivity contribution in [2.75, 3.05) is 31.3 Å². The number of aromatic carboxylic acids is 1. The number of aryl methyl sites for hydroxylation is 2. The minimum atomic E-state index is -1.01. The van der Waals surface area contributed by atoms with Crippen molar-refractivity contribution in [2.24, 2.45) is 0 Å².